The number of furan rings is 1. The van der Waals surface area contributed by atoms with Crippen molar-refractivity contribution in [2.75, 3.05) is 18.6 Å². The maximum absolute atomic E-state index is 12.6. The van der Waals surface area contributed by atoms with Gasteiger partial charge in [-0.2, -0.15) is 0 Å². The number of likely N-dealkylation sites (N-methyl/N-ethyl adjacent to an activating group) is 1. The maximum atomic E-state index is 12.6. The van der Waals surface area contributed by atoms with Crippen molar-refractivity contribution in [3.63, 3.8) is 0 Å². The number of non-ortho nitro benzene ring substituents is 1. The molecule has 3 rings (SSSR count). The Bertz CT molecular complexity index is 1200. The van der Waals surface area contributed by atoms with E-state index in [4.69, 9.17) is 9.15 Å². The highest BCUT2D eigenvalue weighted by atomic mass is 16.6. The van der Waals surface area contributed by atoms with Crippen LogP contribution in [0, 0.1) is 10.1 Å². The Hall–Kier alpha value is -4.73. The Kier molecular flexibility index (Phi) is 7.90. The van der Waals surface area contributed by atoms with Gasteiger partial charge in [0.15, 0.2) is 6.61 Å². The molecule has 0 fully saturated rings. The topological polar surface area (TPSA) is 132 Å². The van der Waals surface area contributed by atoms with Gasteiger partial charge in [-0.15, -0.1) is 0 Å². The molecule has 1 heterocycles. The van der Waals surface area contributed by atoms with Crippen LogP contribution in [0.2, 0.25) is 0 Å². The highest BCUT2D eigenvalue weighted by molar-refractivity contribution is 6.05. The monoisotopic (exact) mass is 463 g/mol. The van der Waals surface area contributed by atoms with Crippen LogP contribution in [0.1, 0.15) is 21.7 Å². The molecule has 10 nitrogen and oxygen atoms in total. The lowest BCUT2D eigenvalue weighted by atomic mass is 10.1. The van der Waals surface area contributed by atoms with Crippen LogP contribution in [-0.4, -0.2) is 36.4 Å². The number of rotatable bonds is 9. The standard InChI is InChI=1S/C24H21N3O7/c1-26(21-7-3-2-6-20(21)24(30)25-15-19-5-4-14-33-19)22(28)16-34-23(29)13-10-17-8-11-18(12-9-17)27(31)32/h2-14H,15-16H2,1H3,(H,25,30)/b13-10+. The summed E-state index contributed by atoms with van der Waals surface area (Å²) in [7, 11) is 1.47. The predicted molar refractivity (Wildman–Crippen MR) is 123 cm³/mol. The highest BCUT2D eigenvalue weighted by Gasteiger charge is 2.19. The molecule has 10 heteroatoms. The van der Waals surface area contributed by atoms with Gasteiger partial charge in [0.25, 0.3) is 17.5 Å². The molecule has 1 aromatic heterocycles. The molecule has 174 valence electrons. The Morgan fingerprint density at radius 1 is 1.09 bits per heavy atom. The van der Waals surface area contributed by atoms with E-state index in [9.17, 15) is 24.5 Å². The average molecular weight is 463 g/mol. The molecular weight excluding hydrogens is 442 g/mol. The number of carbonyl (C=O) groups excluding carboxylic acids is 3. The summed E-state index contributed by atoms with van der Waals surface area (Å²) in [6.45, 7) is -0.348. The Balaban J connectivity index is 1.56. The first-order valence-electron chi connectivity index (χ1n) is 10.1. The summed E-state index contributed by atoms with van der Waals surface area (Å²) >= 11 is 0. The molecule has 34 heavy (non-hydrogen) atoms. The SMILES string of the molecule is CN(C(=O)COC(=O)/C=C/c1ccc([N+](=O)[O-])cc1)c1ccccc1C(=O)NCc1ccco1. The van der Waals surface area contributed by atoms with Crippen molar-refractivity contribution in [1.29, 1.82) is 0 Å². The highest BCUT2D eigenvalue weighted by Crippen LogP contribution is 2.20. The van der Waals surface area contributed by atoms with Crippen molar-refractivity contribution in [2.45, 2.75) is 6.54 Å². The van der Waals surface area contributed by atoms with E-state index in [1.165, 1.54) is 48.6 Å². The molecule has 0 radical (unpaired) electrons. The first-order valence-corrected chi connectivity index (χ1v) is 10.1. The zero-order chi connectivity index (χ0) is 24.5. The van der Waals surface area contributed by atoms with Crippen molar-refractivity contribution in [1.82, 2.24) is 5.32 Å². The Labute approximate surface area is 194 Å². The number of hydrogen-bond donors (Lipinski definition) is 1. The quantitative estimate of drug-likeness (QED) is 0.223. The minimum absolute atomic E-state index is 0.0664. The van der Waals surface area contributed by atoms with Crippen LogP contribution in [0.4, 0.5) is 11.4 Å². The first-order chi connectivity index (χ1) is 16.3. The molecular formula is C24H21N3O7. The molecule has 3 aromatic rings. The summed E-state index contributed by atoms with van der Waals surface area (Å²) in [5.41, 5.74) is 1.11. The van der Waals surface area contributed by atoms with Gasteiger partial charge < -0.3 is 19.4 Å². The normalized spacial score (nSPS) is 10.6. The number of hydrogen-bond acceptors (Lipinski definition) is 7. The second kappa shape index (κ2) is 11.2. The van der Waals surface area contributed by atoms with Crippen molar-refractivity contribution in [3.8, 4) is 0 Å². The van der Waals surface area contributed by atoms with Gasteiger partial charge in [0.2, 0.25) is 0 Å². The fraction of sp³-hybridized carbons (Fsp3) is 0.125. The number of benzene rings is 2. The molecule has 0 saturated heterocycles. The molecule has 1 N–H and O–H groups in total. The number of carbonyl (C=O) groups is 3. The van der Waals surface area contributed by atoms with Crippen LogP contribution in [-0.2, 0) is 20.9 Å². The van der Waals surface area contributed by atoms with Gasteiger partial charge in [-0.1, -0.05) is 12.1 Å². The number of nitrogens with one attached hydrogen (secondary N) is 1. The fourth-order valence-corrected chi connectivity index (χ4v) is 2.92. The van der Waals surface area contributed by atoms with E-state index in [2.05, 4.69) is 5.32 Å². The molecule has 0 unspecified atom stereocenters. The number of esters is 1. The number of nitrogens with zero attached hydrogens (tertiary/aromatic N) is 2. The smallest absolute Gasteiger partial charge is 0.331 e. The van der Waals surface area contributed by atoms with E-state index in [1.807, 2.05) is 0 Å². The van der Waals surface area contributed by atoms with Gasteiger partial charge in [-0.25, -0.2) is 4.79 Å². The van der Waals surface area contributed by atoms with Gasteiger partial charge >= 0.3 is 5.97 Å². The number of anilines is 1. The van der Waals surface area contributed by atoms with Gasteiger partial charge in [0.05, 0.1) is 29.0 Å². The molecule has 0 spiro atoms. The van der Waals surface area contributed by atoms with E-state index in [0.717, 1.165) is 6.08 Å². The van der Waals surface area contributed by atoms with Crippen molar-refractivity contribution in [3.05, 3.63) is 100 Å². The van der Waals surface area contributed by atoms with Crippen molar-refractivity contribution in [2.24, 2.45) is 0 Å². The molecule has 0 aliphatic rings. The number of nitro groups is 1. The summed E-state index contributed by atoms with van der Waals surface area (Å²) in [5.74, 6) is -1.11. The molecule has 0 saturated carbocycles. The second-order valence-electron chi connectivity index (χ2n) is 7.02. The molecule has 0 aliphatic heterocycles. The summed E-state index contributed by atoms with van der Waals surface area (Å²) in [4.78, 5) is 48.5. The van der Waals surface area contributed by atoms with Crippen LogP contribution in [0.5, 0.6) is 0 Å². The number of ether oxygens (including phenoxy) is 1. The van der Waals surface area contributed by atoms with E-state index >= 15 is 0 Å². The largest absolute Gasteiger partial charge is 0.467 e. The van der Waals surface area contributed by atoms with E-state index in [0.29, 0.717) is 17.0 Å². The predicted octanol–water partition coefficient (Wildman–Crippen LogP) is 3.34. The van der Waals surface area contributed by atoms with Gasteiger partial charge in [0, 0.05) is 25.3 Å². The second-order valence-corrected chi connectivity index (χ2v) is 7.02. The van der Waals surface area contributed by atoms with Crippen LogP contribution in [0.3, 0.4) is 0 Å². The van der Waals surface area contributed by atoms with Gasteiger partial charge in [0.1, 0.15) is 5.76 Å². The Morgan fingerprint density at radius 3 is 2.50 bits per heavy atom. The molecule has 2 aromatic carbocycles. The van der Waals surface area contributed by atoms with Crippen LogP contribution in [0.25, 0.3) is 6.08 Å². The van der Waals surface area contributed by atoms with Gasteiger partial charge in [-0.05, 0) is 48.0 Å². The van der Waals surface area contributed by atoms with Crippen LogP contribution in [0.15, 0.2) is 77.4 Å². The third-order valence-corrected chi connectivity index (χ3v) is 4.74. The molecule has 0 atom stereocenters. The zero-order valence-corrected chi connectivity index (χ0v) is 18.2. The lowest BCUT2D eigenvalue weighted by Gasteiger charge is -2.20. The van der Waals surface area contributed by atoms with E-state index in [1.54, 1.807) is 36.4 Å². The van der Waals surface area contributed by atoms with E-state index < -0.39 is 29.3 Å². The maximum Gasteiger partial charge on any atom is 0.331 e. The van der Waals surface area contributed by atoms with Gasteiger partial charge in [-0.3, -0.25) is 19.7 Å². The third kappa shape index (κ3) is 6.39. The van der Waals surface area contributed by atoms with Crippen molar-refractivity contribution < 1.29 is 28.5 Å². The minimum atomic E-state index is -0.760. The lowest BCUT2D eigenvalue weighted by Crippen LogP contribution is -2.33. The lowest BCUT2D eigenvalue weighted by molar-refractivity contribution is -0.384. The minimum Gasteiger partial charge on any atom is -0.467 e. The number of amides is 2. The fourth-order valence-electron chi connectivity index (χ4n) is 2.92. The Morgan fingerprint density at radius 2 is 1.82 bits per heavy atom. The number of para-hydroxylation sites is 1. The van der Waals surface area contributed by atoms with Crippen LogP contribution < -0.4 is 10.2 Å². The zero-order valence-electron chi connectivity index (χ0n) is 18.2. The summed E-state index contributed by atoms with van der Waals surface area (Å²) < 4.78 is 10.2. The summed E-state index contributed by atoms with van der Waals surface area (Å²) in [6, 6.07) is 15.6. The summed E-state index contributed by atoms with van der Waals surface area (Å²) in [6.07, 6.45) is 4.04. The number of nitro benzene ring substituents is 1. The van der Waals surface area contributed by atoms with Crippen LogP contribution >= 0.6 is 0 Å². The average Bonchev–Trinajstić information content (AvgIpc) is 3.38. The van der Waals surface area contributed by atoms with Crippen molar-refractivity contribution >= 4 is 35.2 Å². The molecule has 0 aliphatic carbocycles. The summed E-state index contributed by atoms with van der Waals surface area (Å²) in [5, 5.41) is 13.4. The molecule has 2 amide bonds. The van der Waals surface area contributed by atoms with E-state index in [-0.39, 0.29) is 17.8 Å². The third-order valence-electron chi connectivity index (χ3n) is 4.74. The molecule has 0 bridgehead atoms. The first kappa shape index (κ1) is 23.9.